The molecule has 0 N–H and O–H groups in total. The second-order valence-electron chi connectivity index (χ2n) is 7.13. The van der Waals surface area contributed by atoms with Crippen LogP contribution in [0.1, 0.15) is 35.7 Å². The largest absolute Gasteiger partial charge is 0.342 e. The number of aryl methyl sites for hydroxylation is 1. The zero-order valence-electron chi connectivity index (χ0n) is 15.5. The Morgan fingerprint density at radius 3 is 2.81 bits per heavy atom. The minimum absolute atomic E-state index is 0.149. The molecule has 3 aromatic rings. The summed E-state index contributed by atoms with van der Waals surface area (Å²) in [4.78, 5) is 14.8. The van der Waals surface area contributed by atoms with Crippen molar-refractivity contribution < 1.29 is 4.79 Å². The molecule has 6 nitrogen and oxygen atoms in total. The number of hydrogen-bond donors (Lipinski definition) is 0. The van der Waals surface area contributed by atoms with Gasteiger partial charge in [0.05, 0.1) is 12.1 Å². The van der Waals surface area contributed by atoms with Gasteiger partial charge in [-0.15, -0.1) is 5.10 Å². The molecule has 1 amide bonds. The number of carbonyl (C=O) groups excluding carboxylic acids is 1. The van der Waals surface area contributed by atoms with Crippen LogP contribution in [0.4, 0.5) is 0 Å². The first kappa shape index (κ1) is 17.4. The molecule has 0 spiro atoms. The summed E-state index contributed by atoms with van der Waals surface area (Å²) in [7, 11) is 0. The van der Waals surface area contributed by atoms with E-state index in [2.05, 4.69) is 21.6 Å². The smallest absolute Gasteiger partial charge is 0.227 e. The average Bonchev–Trinajstić information content (AvgIpc) is 3.19. The molecule has 2 aromatic carbocycles. The van der Waals surface area contributed by atoms with E-state index in [-0.39, 0.29) is 11.8 Å². The van der Waals surface area contributed by atoms with E-state index in [1.54, 1.807) is 4.68 Å². The summed E-state index contributed by atoms with van der Waals surface area (Å²) in [6, 6.07) is 18.0. The second kappa shape index (κ2) is 7.70. The maximum Gasteiger partial charge on any atom is 0.227 e. The number of aromatic nitrogens is 4. The maximum absolute atomic E-state index is 12.8. The van der Waals surface area contributed by atoms with Crippen LogP contribution in [0.2, 0.25) is 0 Å². The summed E-state index contributed by atoms with van der Waals surface area (Å²) >= 11 is 0. The van der Waals surface area contributed by atoms with Crippen LogP contribution < -0.4 is 0 Å². The Bertz CT molecular complexity index is 921. The molecule has 1 saturated heterocycles. The topological polar surface area (TPSA) is 63.9 Å². The van der Waals surface area contributed by atoms with Gasteiger partial charge in [0.2, 0.25) is 5.91 Å². The molecule has 1 unspecified atom stereocenters. The first-order chi connectivity index (χ1) is 13.2. The first-order valence-electron chi connectivity index (χ1n) is 9.38. The summed E-state index contributed by atoms with van der Waals surface area (Å²) in [6.07, 6.45) is 2.39. The molecule has 4 rings (SSSR count). The number of nitrogens with zero attached hydrogens (tertiary/aromatic N) is 5. The minimum Gasteiger partial charge on any atom is -0.342 e. The molecule has 1 fully saturated rings. The number of carbonyl (C=O) groups is 1. The molecule has 0 bridgehead atoms. The van der Waals surface area contributed by atoms with Crippen molar-refractivity contribution in [3.63, 3.8) is 0 Å². The van der Waals surface area contributed by atoms with Crippen LogP contribution in [-0.2, 0) is 11.2 Å². The van der Waals surface area contributed by atoms with Gasteiger partial charge in [0, 0.05) is 19.0 Å². The van der Waals surface area contributed by atoms with Crippen molar-refractivity contribution in [1.82, 2.24) is 25.1 Å². The molecular weight excluding hydrogens is 338 g/mol. The number of amides is 1. The van der Waals surface area contributed by atoms with E-state index in [9.17, 15) is 4.79 Å². The van der Waals surface area contributed by atoms with Crippen LogP contribution in [0, 0.1) is 6.92 Å². The number of rotatable bonds is 4. The van der Waals surface area contributed by atoms with Crippen LogP contribution >= 0.6 is 0 Å². The lowest BCUT2D eigenvalue weighted by Crippen LogP contribution is -2.40. The van der Waals surface area contributed by atoms with E-state index in [4.69, 9.17) is 0 Å². The zero-order chi connectivity index (χ0) is 18.6. The SMILES string of the molecule is Cc1cccc(CC(=O)N2CCCC(c3nnnn3-c3ccccc3)C2)c1. The van der Waals surface area contributed by atoms with Crippen LogP contribution in [0.15, 0.2) is 54.6 Å². The Morgan fingerprint density at radius 1 is 1.15 bits per heavy atom. The fourth-order valence-electron chi connectivity index (χ4n) is 3.72. The number of tetrazole rings is 1. The van der Waals surface area contributed by atoms with Gasteiger partial charge < -0.3 is 4.90 Å². The molecule has 27 heavy (non-hydrogen) atoms. The molecule has 138 valence electrons. The quantitative estimate of drug-likeness (QED) is 0.717. The highest BCUT2D eigenvalue weighted by Crippen LogP contribution is 2.27. The third-order valence-corrected chi connectivity index (χ3v) is 5.07. The van der Waals surface area contributed by atoms with Gasteiger partial charge in [-0.1, -0.05) is 48.0 Å². The van der Waals surface area contributed by atoms with Gasteiger partial charge in [-0.3, -0.25) is 4.79 Å². The van der Waals surface area contributed by atoms with E-state index in [0.717, 1.165) is 36.5 Å². The Morgan fingerprint density at radius 2 is 2.00 bits per heavy atom. The van der Waals surface area contributed by atoms with Gasteiger partial charge in [-0.2, -0.15) is 4.68 Å². The second-order valence-corrected chi connectivity index (χ2v) is 7.13. The highest BCUT2D eigenvalue weighted by molar-refractivity contribution is 5.79. The van der Waals surface area contributed by atoms with E-state index in [1.807, 2.05) is 60.4 Å². The Balaban J connectivity index is 1.49. The van der Waals surface area contributed by atoms with Gasteiger partial charge in [0.15, 0.2) is 5.82 Å². The Kier molecular flexibility index (Phi) is 4.96. The number of piperidine rings is 1. The molecule has 0 radical (unpaired) electrons. The predicted octanol–water partition coefficient (Wildman–Crippen LogP) is 2.92. The lowest BCUT2D eigenvalue weighted by atomic mass is 9.96. The maximum atomic E-state index is 12.8. The van der Waals surface area contributed by atoms with E-state index < -0.39 is 0 Å². The van der Waals surface area contributed by atoms with E-state index >= 15 is 0 Å². The predicted molar refractivity (Wildman–Crippen MR) is 103 cm³/mol. The number of para-hydroxylation sites is 1. The van der Waals surface area contributed by atoms with Crippen molar-refractivity contribution in [2.45, 2.75) is 32.1 Å². The monoisotopic (exact) mass is 361 g/mol. The molecule has 1 aliphatic heterocycles. The molecule has 1 aromatic heterocycles. The summed E-state index contributed by atoms with van der Waals surface area (Å²) in [5.41, 5.74) is 3.19. The molecule has 1 atom stereocenters. The molecule has 1 aliphatic rings. The first-order valence-corrected chi connectivity index (χ1v) is 9.38. The summed E-state index contributed by atoms with van der Waals surface area (Å²) in [6.45, 7) is 3.51. The van der Waals surface area contributed by atoms with Crippen LogP contribution in [-0.4, -0.2) is 44.1 Å². The van der Waals surface area contributed by atoms with Gasteiger partial charge in [-0.25, -0.2) is 0 Å². The fraction of sp³-hybridized carbons (Fsp3) is 0.333. The van der Waals surface area contributed by atoms with Gasteiger partial charge in [0.25, 0.3) is 0 Å². The van der Waals surface area contributed by atoms with Crippen molar-refractivity contribution in [2.24, 2.45) is 0 Å². The van der Waals surface area contributed by atoms with Gasteiger partial charge in [0.1, 0.15) is 0 Å². The third-order valence-electron chi connectivity index (χ3n) is 5.07. The highest BCUT2D eigenvalue weighted by Gasteiger charge is 2.28. The minimum atomic E-state index is 0.149. The molecule has 2 heterocycles. The molecule has 6 heteroatoms. The third kappa shape index (κ3) is 3.89. The van der Waals surface area contributed by atoms with Crippen LogP contribution in [0.5, 0.6) is 0 Å². The summed E-state index contributed by atoms with van der Waals surface area (Å²) < 4.78 is 1.79. The normalized spacial score (nSPS) is 17.1. The molecule has 0 saturated carbocycles. The van der Waals surface area contributed by atoms with Crippen molar-refractivity contribution in [3.05, 3.63) is 71.5 Å². The summed E-state index contributed by atoms with van der Waals surface area (Å²) in [5, 5.41) is 12.3. The Labute approximate surface area is 158 Å². The number of benzene rings is 2. The van der Waals surface area contributed by atoms with Gasteiger partial charge in [-0.05, 0) is 47.9 Å². The van der Waals surface area contributed by atoms with Crippen molar-refractivity contribution >= 4 is 5.91 Å². The van der Waals surface area contributed by atoms with E-state index in [1.165, 1.54) is 5.56 Å². The highest BCUT2D eigenvalue weighted by atomic mass is 16.2. The van der Waals surface area contributed by atoms with Crippen molar-refractivity contribution in [1.29, 1.82) is 0 Å². The van der Waals surface area contributed by atoms with Crippen LogP contribution in [0.3, 0.4) is 0 Å². The molecular formula is C21H23N5O. The lowest BCUT2D eigenvalue weighted by Gasteiger charge is -2.32. The standard InChI is InChI=1S/C21H23N5O/c1-16-7-5-8-17(13-16)14-20(27)25-12-6-9-18(15-25)21-22-23-24-26(21)19-10-3-2-4-11-19/h2-5,7-8,10-11,13,18H,6,9,12,14-15H2,1H3. The van der Waals surface area contributed by atoms with Crippen LogP contribution in [0.25, 0.3) is 5.69 Å². The Hall–Kier alpha value is -3.02. The average molecular weight is 361 g/mol. The number of likely N-dealkylation sites (tertiary alicyclic amines) is 1. The fourth-order valence-corrected chi connectivity index (χ4v) is 3.72. The lowest BCUT2D eigenvalue weighted by molar-refractivity contribution is -0.131. The number of hydrogen-bond acceptors (Lipinski definition) is 4. The van der Waals surface area contributed by atoms with E-state index in [0.29, 0.717) is 13.0 Å². The molecule has 0 aliphatic carbocycles. The zero-order valence-corrected chi connectivity index (χ0v) is 15.5. The van der Waals surface area contributed by atoms with Crippen molar-refractivity contribution in [2.75, 3.05) is 13.1 Å². The van der Waals surface area contributed by atoms with Crippen molar-refractivity contribution in [3.8, 4) is 5.69 Å². The van der Waals surface area contributed by atoms with Gasteiger partial charge >= 0.3 is 0 Å². The summed E-state index contributed by atoms with van der Waals surface area (Å²) in [5.74, 6) is 1.15.